The Balaban J connectivity index is 1.94. The summed E-state index contributed by atoms with van der Waals surface area (Å²) in [5, 5.41) is 16.0. The number of rotatable bonds is 4. The second-order valence-electron chi connectivity index (χ2n) is 5.20. The van der Waals surface area contributed by atoms with Crippen molar-refractivity contribution in [3.8, 4) is 0 Å². The van der Waals surface area contributed by atoms with Crippen LogP contribution in [-0.4, -0.2) is 29.3 Å². The summed E-state index contributed by atoms with van der Waals surface area (Å²) in [5.41, 5.74) is 0.331. The second kappa shape index (κ2) is 5.52. The number of nitrogens with one attached hydrogen (secondary N) is 1. The van der Waals surface area contributed by atoms with Gasteiger partial charge in [0.1, 0.15) is 11.3 Å². The van der Waals surface area contributed by atoms with E-state index < -0.39 is 0 Å². The Labute approximate surface area is 107 Å². The first-order chi connectivity index (χ1) is 8.67. The Morgan fingerprint density at radius 1 is 1.50 bits per heavy atom. The number of carbonyl (C=O) groups excluding carboxylic acids is 1. The van der Waals surface area contributed by atoms with Crippen molar-refractivity contribution in [2.24, 2.45) is 5.41 Å². The maximum Gasteiger partial charge on any atom is 0.256 e. The van der Waals surface area contributed by atoms with E-state index in [1.165, 1.54) is 12.6 Å². The van der Waals surface area contributed by atoms with Gasteiger partial charge in [0.2, 0.25) is 0 Å². The van der Waals surface area contributed by atoms with Gasteiger partial charge in [-0.15, -0.1) is 0 Å². The molecule has 0 unspecified atom stereocenters. The lowest BCUT2D eigenvalue weighted by atomic mass is 9.74. The Bertz CT molecular complexity index is 408. The summed E-state index contributed by atoms with van der Waals surface area (Å²) in [6.45, 7) is 2.37. The van der Waals surface area contributed by atoms with Crippen LogP contribution in [0.1, 0.15) is 48.2 Å². The van der Waals surface area contributed by atoms with Crippen molar-refractivity contribution in [3.05, 3.63) is 17.5 Å². The van der Waals surface area contributed by atoms with Crippen molar-refractivity contribution >= 4 is 5.91 Å². The first kappa shape index (κ1) is 13.1. The number of aryl methyl sites for hydroxylation is 1. The first-order valence-electron chi connectivity index (χ1n) is 6.47. The second-order valence-corrected chi connectivity index (χ2v) is 5.20. The molecule has 0 spiro atoms. The van der Waals surface area contributed by atoms with E-state index in [0.29, 0.717) is 17.9 Å². The van der Waals surface area contributed by atoms with Gasteiger partial charge in [-0.25, -0.2) is 0 Å². The van der Waals surface area contributed by atoms with E-state index in [4.69, 9.17) is 4.52 Å². The number of hydrogen-bond acceptors (Lipinski definition) is 4. The molecule has 1 amide bonds. The van der Waals surface area contributed by atoms with E-state index in [1.54, 1.807) is 6.92 Å². The lowest BCUT2D eigenvalue weighted by molar-refractivity contribution is 0.0717. The normalized spacial score (nSPS) is 18.6. The quantitative estimate of drug-likeness (QED) is 0.854. The topological polar surface area (TPSA) is 75.4 Å². The summed E-state index contributed by atoms with van der Waals surface area (Å²) >= 11 is 0. The number of amides is 1. The predicted octanol–water partition coefficient (Wildman–Crippen LogP) is 1.66. The average Bonchev–Trinajstić information content (AvgIpc) is 2.83. The molecule has 1 aromatic heterocycles. The Kier molecular flexibility index (Phi) is 4.01. The zero-order chi connectivity index (χ0) is 13.0. The van der Waals surface area contributed by atoms with Crippen LogP contribution in [-0.2, 0) is 0 Å². The maximum atomic E-state index is 11.9. The molecule has 2 rings (SSSR count). The molecule has 18 heavy (non-hydrogen) atoms. The molecule has 1 heterocycles. The molecule has 1 aromatic rings. The number of aliphatic hydroxyl groups is 1. The molecule has 1 aliphatic carbocycles. The van der Waals surface area contributed by atoms with Crippen LogP contribution in [0.5, 0.6) is 0 Å². The van der Waals surface area contributed by atoms with Crippen molar-refractivity contribution in [2.45, 2.75) is 39.0 Å². The number of carbonyl (C=O) groups is 1. The molecule has 0 atom stereocenters. The molecule has 1 fully saturated rings. The molecule has 5 nitrogen and oxygen atoms in total. The summed E-state index contributed by atoms with van der Waals surface area (Å²) < 4.78 is 4.87. The molecule has 0 aromatic carbocycles. The molecular formula is C13H20N2O3. The molecular weight excluding hydrogens is 232 g/mol. The smallest absolute Gasteiger partial charge is 0.256 e. The fourth-order valence-corrected chi connectivity index (χ4v) is 2.57. The van der Waals surface area contributed by atoms with Gasteiger partial charge in [-0.05, 0) is 19.8 Å². The van der Waals surface area contributed by atoms with Gasteiger partial charge in [0, 0.05) is 12.0 Å². The highest BCUT2D eigenvalue weighted by Gasteiger charge is 2.32. The van der Waals surface area contributed by atoms with Crippen molar-refractivity contribution < 1.29 is 14.4 Å². The number of aliphatic hydroxyl groups excluding tert-OH is 1. The predicted molar refractivity (Wildman–Crippen MR) is 66.2 cm³/mol. The van der Waals surface area contributed by atoms with Gasteiger partial charge < -0.3 is 14.9 Å². The maximum absolute atomic E-state index is 11.9. The third-order valence-corrected chi connectivity index (χ3v) is 3.87. The summed E-state index contributed by atoms with van der Waals surface area (Å²) in [6, 6.07) is 0. The van der Waals surface area contributed by atoms with Gasteiger partial charge in [-0.3, -0.25) is 4.79 Å². The standard InChI is InChI=1S/C13H20N2O3/c1-10-11(7-15-18-10)12(17)14-8-13(9-16)5-3-2-4-6-13/h7,16H,2-6,8-9H2,1H3,(H,14,17). The lowest BCUT2D eigenvalue weighted by Crippen LogP contribution is -2.41. The average molecular weight is 252 g/mol. The lowest BCUT2D eigenvalue weighted by Gasteiger charge is -2.35. The number of nitrogens with zero attached hydrogens (tertiary/aromatic N) is 1. The first-order valence-corrected chi connectivity index (χ1v) is 6.47. The van der Waals surface area contributed by atoms with E-state index in [-0.39, 0.29) is 17.9 Å². The molecule has 0 aliphatic heterocycles. The number of aromatic nitrogens is 1. The molecule has 100 valence electrons. The van der Waals surface area contributed by atoms with E-state index >= 15 is 0 Å². The highest BCUT2D eigenvalue weighted by Crippen LogP contribution is 2.35. The zero-order valence-electron chi connectivity index (χ0n) is 10.7. The minimum Gasteiger partial charge on any atom is -0.396 e. The monoisotopic (exact) mass is 252 g/mol. The van der Waals surface area contributed by atoms with Gasteiger partial charge in [0.15, 0.2) is 0 Å². The van der Waals surface area contributed by atoms with Gasteiger partial charge in [-0.1, -0.05) is 24.4 Å². The largest absolute Gasteiger partial charge is 0.396 e. The molecule has 2 N–H and O–H groups in total. The van der Waals surface area contributed by atoms with Crippen molar-refractivity contribution in [1.82, 2.24) is 10.5 Å². The molecule has 1 saturated carbocycles. The fourth-order valence-electron chi connectivity index (χ4n) is 2.57. The van der Waals surface area contributed by atoms with Crippen LogP contribution in [0.3, 0.4) is 0 Å². The van der Waals surface area contributed by atoms with Crippen LogP contribution in [0.4, 0.5) is 0 Å². The van der Waals surface area contributed by atoms with Crippen LogP contribution in [0.25, 0.3) is 0 Å². The molecule has 0 bridgehead atoms. The summed E-state index contributed by atoms with van der Waals surface area (Å²) in [4.78, 5) is 11.9. The Morgan fingerprint density at radius 2 is 2.22 bits per heavy atom. The minimum atomic E-state index is -0.174. The van der Waals surface area contributed by atoms with E-state index in [2.05, 4.69) is 10.5 Å². The fraction of sp³-hybridized carbons (Fsp3) is 0.692. The van der Waals surface area contributed by atoms with Crippen LogP contribution < -0.4 is 5.32 Å². The molecule has 5 heteroatoms. The van der Waals surface area contributed by atoms with Crippen LogP contribution in [0.2, 0.25) is 0 Å². The molecule has 0 saturated heterocycles. The van der Waals surface area contributed by atoms with Gasteiger partial charge in [0.25, 0.3) is 5.91 Å². The summed E-state index contributed by atoms with van der Waals surface area (Å²) in [6.07, 6.45) is 6.86. The van der Waals surface area contributed by atoms with E-state index in [1.807, 2.05) is 0 Å². The minimum absolute atomic E-state index is 0.135. The van der Waals surface area contributed by atoms with Crippen LogP contribution >= 0.6 is 0 Å². The molecule has 0 radical (unpaired) electrons. The summed E-state index contributed by atoms with van der Waals surface area (Å²) in [7, 11) is 0. The van der Waals surface area contributed by atoms with E-state index in [9.17, 15) is 9.90 Å². The van der Waals surface area contributed by atoms with Crippen molar-refractivity contribution in [3.63, 3.8) is 0 Å². The third-order valence-electron chi connectivity index (χ3n) is 3.87. The van der Waals surface area contributed by atoms with Gasteiger partial charge in [-0.2, -0.15) is 0 Å². The van der Waals surface area contributed by atoms with Crippen molar-refractivity contribution in [2.75, 3.05) is 13.2 Å². The highest BCUT2D eigenvalue weighted by atomic mass is 16.5. The zero-order valence-corrected chi connectivity index (χ0v) is 10.7. The van der Waals surface area contributed by atoms with Crippen molar-refractivity contribution in [1.29, 1.82) is 0 Å². The van der Waals surface area contributed by atoms with E-state index in [0.717, 1.165) is 25.7 Å². The molecule has 1 aliphatic rings. The van der Waals surface area contributed by atoms with Gasteiger partial charge >= 0.3 is 0 Å². The SMILES string of the molecule is Cc1oncc1C(=O)NCC1(CO)CCCCC1. The third kappa shape index (κ3) is 2.72. The highest BCUT2D eigenvalue weighted by molar-refractivity contribution is 5.94. The summed E-state index contributed by atoms with van der Waals surface area (Å²) in [5.74, 6) is 0.348. The Hall–Kier alpha value is -1.36. The van der Waals surface area contributed by atoms with Crippen LogP contribution in [0.15, 0.2) is 10.7 Å². The van der Waals surface area contributed by atoms with Crippen LogP contribution in [0, 0.1) is 12.3 Å². The van der Waals surface area contributed by atoms with Gasteiger partial charge in [0.05, 0.1) is 12.8 Å². The Morgan fingerprint density at radius 3 is 2.78 bits per heavy atom. The number of hydrogen-bond donors (Lipinski definition) is 2.